The van der Waals surface area contributed by atoms with Gasteiger partial charge >= 0.3 is 5.97 Å². The molecule has 1 aromatic rings. The Morgan fingerprint density at radius 3 is 2.43 bits per heavy atom. The average Bonchev–Trinajstić information content (AvgIpc) is 2.55. The van der Waals surface area contributed by atoms with Crippen LogP contribution in [0.4, 0.5) is 0 Å². The Morgan fingerprint density at radius 1 is 1.22 bits per heavy atom. The molecule has 1 fully saturated rings. The quantitative estimate of drug-likeness (QED) is 0.836. The number of amides is 1. The van der Waals surface area contributed by atoms with Crippen LogP contribution in [-0.4, -0.2) is 29.1 Å². The predicted molar refractivity (Wildman–Crippen MR) is 82.8 cm³/mol. The van der Waals surface area contributed by atoms with Gasteiger partial charge in [-0.1, -0.05) is 31.4 Å². The average molecular weight is 316 g/mol. The van der Waals surface area contributed by atoms with Crippen LogP contribution >= 0.6 is 0 Å². The number of hydrogen-bond donors (Lipinski definition) is 2. The minimum absolute atomic E-state index is 0.230. The summed E-state index contributed by atoms with van der Waals surface area (Å²) in [5, 5.41) is 20.7. The van der Waals surface area contributed by atoms with Crippen LogP contribution < -0.4 is 10.1 Å². The van der Waals surface area contributed by atoms with E-state index in [1.165, 1.54) is 0 Å². The third-order valence-corrected chi connectivity index (χ3v) is 4.07. The predicted octanol–water partition coefficient (Wildman–Crippen LogP) is 2.04. The minimum Gasteiger partial charge on any atom is -0.484 e. The van der Waals surface area contributed by atoms with E-state index in [2.05, 4.69) is 11.4 Å². The SMILES string of the molecule is N#CCc1ccc(OCC(=O)NC2(C(=O)O)CCCCC2)cc1. The topological polar surface area (TPSA) is 99.4 Å². The van der Waals surface area contributed by atoms with Gasteiger partial charge in [0.15, 0.2) is 6.61 Å². The van der Waals surface area contributed by atoms with E-state index in [0.29, 0.717) is 25.0 Å². The molecule has 0 atom stereocenters. The number of rotatable bonds is 6. The zero-order chi connectivity index (χ0) is 16.7. The molecule has 6 nitrogen and oxygen atoms in total. The molecule has 1 saturated carbocycles. The van der Waals surface area contributed by atoms with Crippen LogP contribution in [0.1, 0.15) is 37.7 Å². The lowest BCUT2D eigenvalue weighted by Gasteiger charge is -2.33. The van der Waals surface area contributed by atoms with E-state index in [0.717, 1.165) is 24.8 Å². The fourth-order valence-corrected chi connectivity index (χ4v) is 2.79. The Labute approximate surface area is 135 Å². The van der Waals surface area contributed by atoms with Crippen LogP contribution in [-0.2, 0) is 16.0 Å². The van der Waals surface area contributed by atoms with Gasteiger partial charge in [-0.3, -0.25) is 4.79 Å². The number of nitrogens with one attached hydrogen (secondary N) is 1. The molecular formula is C17H20N2O4. The van der Waals surface area contributed by atoms with Crippen molar-refractivity contribution in [2.45, 2.75) is 44.1 Å². The van der Waals surface area contributed by atoms with Gasteiger partial charge in [-0.25, -0.2) is 4.79 Å². The molecule has 0 aromatic heterocycles. The van der Waals surface area contributed by atoms with Gasteiger partial charge in [-0.05, 0) is 30.5 Å². The van der Waals surface area contributed by atoms with Gasteiger partial charge in [-0.2, -0.15) is 5.26 Å². The van der Waals surface area contributed by atoms with Crippen LogP contribution in [0.25, 0.3) is 0 Å². The van der Waals surface area contributed by atoms with Crippen molar-refractivity contribution in [1.82, 2.24) is 5.32 Å². The molecule has 1 aliphatic carbocycles. The summed E-state index contributed by atoms with van der Waals surface area (Å²) in [7, 11) is 0. The molecular weight excluding hydrogens is 296 g/mol. The number of hydrogen-bond acceptors (Lipinski definition) is 4. The maximum absolute atomic E-state index is 12.0. The molecule has 6 heteroatoms. The summed E-state index contributed by atoms with van der Waals surface area (Å²) in [5.41, 5.74) is -0.286. The Balaban J connectivity index is 1.89. The molecule has 2 N–H and O–H groups in total. The van der Waals surface area contributed by atoms with Crippen molar-refractivity contribution in [1.29, 1.82) is 5.26 Å². The van der Waals surface area contributed by atoms with Crippen molar-refractivity contribution in [3.8, 4) is 11.8 Å². The third kappa shape index (κ3) is 4.46. The molecule has 0 spiro atoms. The first-order chi connectivity index (χ1) is 11.1. The summed E-state index contributed by atoms with van der Waals surface area (Å²) in [5.74, 6) is -0.906. The molecule has 2 rings (SSSR count). The summed E-state index contributed by atoms with van der Waals surface area (Å²) < 4.78 is 5.38. The highest BCUT2D eigenvalue weighted by Crippen LogP contribution is 2.28. The lowest BCUT2D eigenvalue weighted by atomic mass is 9.81. The number of carboxylic acids is 1. The molecule has 0 aliphatic heterocycles. The molecule has 0 radical (unpaired) electrons. The van der Waals surface area contributed by atoms with Crippen molar-refractivity contribution >= 4 is 11.9 Å². The van der Waals surface area contributed by atoms with Crippen molar-refractivity contribution in [3.63, 3.8) is 0 Å². The van der Waals surface area contributed by atoms with E-state index < -0.39 is 17.4 Å². The summed E-state index contributed by atoms with van der Waals surface area (Å²) in [6, 6.07) is 8.95. The number of carboxylic acid groups (broad SMARTS) is 1. The van der Waals surface area contributed by atoms with Gasteiger partial charge in [-0.15, -0.1) is 0 Å². The Bertz CT molecular complexity index is 598. The van der Waals surface area contributed by atoms with E-state index in [-0.39, 0.29) is 6.61 Å². The molecule has 122 valence electrons. The number of nitrogens with zero attached hydrogens (tertiary/aromatic N) is 1. The number of benzene rings is 1. The maximum atomic E-state index is 12.0. The van der Waals surface area contributed by atoms with Gasteiger partial charge in [0.1, 0.15) is 11.3 Å². The second-order valence-corrected chi connectivity index (χ2v) is 5.76. The molecule has 0 heterocycles. The third-order valence-electron chi connectivity index (χ3n) is 4.07. The number of nitriles is 1. The van der Waals surface area contributed by atoms with Gasteiger partial charge in [0, 0.05) is 0 Å². The lowest BCUT2D eigenvalue weighted by molar-refractivity contribution is -0.149. The largest absolute Gasteiger partial charge is 0.484 e. The van der Waals surface area contributed by atoms with E-state index >= 15 is 0 Å². The standard InChI is InChI=1S/C17H20N2O4/c18-11-8-13-4-6-14(7-5-13)23-12-15(20)19-17(16(21)22)9-2-1-3-10-17/h4-7H,1-3,8-10,12H2,(H,19,20)(H,21,22). The number of ether oxygens (including phenoxy) is 1. The van der Waals surface area contributed by atoms with Gasteiger partial charge in [0.05, 0.1) is 12.5 Å². The van der Waals surface area contributed by atoms with E-state index in [9.17, 15) is 14.7 Å². The number of carbonyl (C=O) groups is 2. The Morgan fingerprint density at radius 2 is 1.87 bits per heavy atom. The fourth-order valence-electron chi connectivity index (χ4n) is 2.79. The maximum Gasteiger partial charge on any atom is 0.329 e. The fraction of sp³-hybridized carbons (Fsp3) is 0.471. The van der Waals surface area contributed by atoms with Crippen LogP contribution in [0.3, 0.4) is 0 Å². The van der Waals surface area contributed by atoms with Crippen molar-refractivity contribution in [3.05, 3.63) is 29.8 Å². The van der Waals surface area contributed by atoms with Gasteiger partial charge < -0.3 is 15.2 Å². The van der Waals surface area contributed by atoms with Crippen LogP contribution in [0.5, 0.6) is 5.75 Å². The smallest absolute Gasteiger partial charge is 0.329 e. The highest BCUT2D eigenvalue weighted by atomic mass is 16.5. The molecule has 0 saturated heterocycles. The second-order valence-electron chi connectivity index (χ2n) is 5.76. The summed E-state index contributed by atoms with van der Waals surface area (Å²) >= 11 is 0. The van der Waals surface area contributed by atoms with Gasteiger partial charge in [0.25, 0.3) is 5.91 Å². The molecule has 1 aromatic carbocycles. The monoisotopic (exact) mass is 316 g/mol. The first-order valence-electron chi connectivity index (χ1n) is 7.69. The molecule has 0 unspecified atom stereocenters. The van der Waals surface area contributed by atoms with Crippen molar-refractivity contribution < 1.29 is 19.4 Å². The zero-order valence-corrected chi connectivity index (χ0v) is 12.9. The Hall–Kier alpha value is -2.55. The van der Waals surface area contributed by atoms with Crippen molar-refractivity contribution in [2.24, 2.45) is 0 Å². The second kappa shape index (κ2) is 7.63. The summed E-state index contributed by atoms with van der Waals surface area (Å²) in [4.78, 5) is 23.5. The molecule has 1 aliphatic rings. The van der Waals surface area contributed by atoms with Crippen molar-refractivity contribution in [2.75, 3.05) is 6.61 Å². The molecule has 23 heavy (non-hydrogen) atoms. The van der Waals surface area contributed by atoms with Crippen LogP contribution in [0, 0.1) is 11.3 Å². The number of aliphatic carboxylic acids is 1. The minimum atomic E-state index is -1.16. The zero-order valence-electron chi connectivity index (χ0n) is 12.9. The first-order valence-corrected chi connectivity index (χ1v) is 7.69. The number of carbonyl (C=O) groups excluding carboxylic acids is 1. The molecule has 1 amide bonds. The van der Waals surface area contributed by atoms with E-state index in [1.807, 2.05) is 0 Å². The summed E-state index contributed by atoms with van der Waals surface area (Å²) in [6.45, 7) is -0.230. The van der Waals surface area contributed by atoms with E-state index in [4.69, 9.17) is 10.00 Å². The van der Waals surface area contributed by atoms with Gasteiger partial charge in [0.2, 0.25) is 0 Å². The highest BCUT2D eigenvalue weighted by Gasteiger charge is 2.40. The lowest BCUT2D eigenvalue weighted by Crippen LogP contribution is -2.56. The highest BCUT2D eigenvalue weighted by molar-refractivity contribution is 5.87. The normalized spacial score (nSPS) is 16.1. The van der Waals surface area contributed by atoms with E-state index in [1.54, 1.807) is 24.3 Å². The molecule has 0 bridgehead atoms. The first kappa shape index (κ1) is 16.8. The Kier molecular flexibility index (Phi) is 5.58. The van der Waals surface area contributed by atoms with Crippen LogP contribution in [0.15, 0.2) is 24.3 Å². The van der Waals surface area contributed by atoms with Crippen LogP contribution in [0.2, 0.25) is 0 Å². The summed E-state index contributed by atoms with van der Waals surface area (Å²) in [6.07, 6.45) is 3.83.